The van der Waals surface area contributed by atoms with Crippen LogP contribution >= 0.6 is 15.9 Å². The van der Waals surface area contributed by atoms with Gasteiger partial charge in [0.1, 0.15) is 5.41 Å². The Hall–Kier alpha value is -1.40. The molecule has 0 radical (unpaired) electrons. The number of halogens is 1. The zero-order valence-electron chi connectivity index (χ0n) is 13.9. The lowest BCUT2D eigenvalue weighted by molar-refractivity contribution is -0.147. The topological polar surface area (TPSA) is 52.7 Å². The monoisotopic (exact) mass is 381 g/mol. The maximum Gasteiger partial charge on any atom is 0.239 e. The van der Waals surface area contributed by atoms with Crippen LogP contribution in [0.1, 0.15) is 20.8 Å². The molecule has 2 amide bonds. The summed E-state index contributed by atoms with van der Waals surface area (Å²) in [7, 11) is 0. The first kappa shape index (κ1) is 17.9. The third-order valence-corrected chi connectivity index (χ3v) is 4.84. The predicted octanol–water partition coefficient (Wildman–Crippen LogP) is 2.58. The molecule has 0 aliphatic carbocycles. The first-order valence-corrected chi connectivity index (χ1v) is 8.72. The van der Waals surface area contributed by atoms with Crippen molar-refractivity contribution in [1.29, 1.82) is 0 Å². The van der Waals surface area contributed by atoms with Crippen molar-refractivity contribution >= 4 is 33.4 Å². The van der Waals surface area contributed by atoms with Gasteiger partial charge >= 0.3 is 0 Å². The maximum atomic E-state index is 12.7. The summed E-state index contributed by atoms with van der Waals surface area (Å²) in [6.07, 6.45) is 0. The van der Waals surface area contributed by atoms with Gasteiger partial charge < -0.3 is 15.1 Å². The van der Waals surface area contributed by atoms with Crippen LogP contribution in [0.5, 0.6) is 0 Å². The van der Waals surface area contributed by atoms with Crippen LogP contribution in [0, 0.1) is 5.41 Å². The van der Waals surface area contributed by atoms with E-state index in [2.05, 4.69) is 33.1 Å². The Morgan fingerprint density at radius 3 is 2.22 bits per heavy atom. The van der Waals surface area contributed by atoms with E-state index >= 15 is 0 Å². The number of hydrogen-bond donors (Lipinski definition) is 1. The highest BCUT2D eigenvalue weighted by atomic mass is 79.9. The summed E-state index contributed by atoms with van der Waals surface area (Å²) in [5.41, 5.74) is -0.392. The molecule has 1 fully saturated rings. The highest BCUT2D eigenvalue weighted by molar-refractivity contribution is 9.10. The Morgan fingerprint density at radius 2 is 1.70 bits per heavy atom. The largest absolute Gasteiger partial charge is 0.339 e. The summed E-state index contributed by atoms with van der Waals surface area (Å²) in [5, 5.41) is 2.83. The predicted molar refractivity (Wildman–Crippen MR) is 95.2 cm³/mol. The first-order chi connectivity index (χ1) is 10.8. The average Bonchev–Trinajstić information content (AvgIpc) is 2.56. The fourth-order valence-electron chi connectivity index (χ4n) is 2.58. The van der Waals surface area contributed by atoms with Crippen LogP contribution in [0.3, 0.4) is 0 Å². The summed E-state index contributed by atoms with van der Waals surface area (Å²) < 4.78 is 0.944. The van der Waals surface area contributed by atoms with Gasteiger partial charge in [-0.15, -0.1) is 0 Å². The van der Waals surface area contributed by atoms with Crippen LogP contribution in [-0.4, -0.2) is 54.3 Å². The number of piperazine rings is 1. The normalized spacial score (nSPS) is 16.3. The highest BCUT2D eigenvalue weighted by Gasteiger charge is 2.39. The van der Waals surface area contributed by atoms with Crippen LogP contribution in [0.2, 0.25) is 0 Å². The number of carbonyl (C=O) groups excluding carboxylic acids is 2. The number of nitrogens with zero attached hydrogens (tertiary/aromatic N) is 2. The van der Waals surface area contributed by atoms with E-state index in [1.54, 1.807) is 18.7 Å². The average molecular weight is 382 g/mol. The standard InChI is InChI=1S/C17H24BrN3O2/c1-4-20-9-11-21(12-10-20)16(23)17(2,3)15(22)19-14-7-5-13(18)6-8-14/h5-8H,4,9-12H2,1-3H3,(H,19,22). The van der Waals surface area contributed by atoms with Crippen molar-refractivity contribution in [2.24, 2.45) is 5.41 Å². The number of carbonyl (C=O) groups is 2. The molecule has 1 aliphatic rings. The van der Waals surface area contributed by atoms with Gasteiger partial charge in [-0.25, -0.2) is 0 Å². The van der Waals surface area contributed by atoms with E-state index in [1.165, 1.54) is 0 Å². The lowest BCUT2D eigenvalue weighted by atomic mass is 9.89. The van der Waals surface area contributed by atoms with E-state index in [-0.39, 0.29) is 11.8 Å². The summed E-state index contributed by atoms with van der Waals surface area (Å²) in [4.78, 5) is 29.4. The van der Waals surface area contributed by atoms with Gasteiger partial charge in [0, 0.05) is 36.3 Å². The number of rotatable bonds is 4. The molecule has 5 nitrogen and oxygen atoms in total. The van der Waals surface area contributed by atoms with Crippen LogP contribution in [0.15, 0.2) is 28.7 Å². The molecule has 6 heteroatoms. The number of amides is 2. The van der Waals surface area contributed by atoms with Crippen molar-refractivity contribution in [2.45, 2.75) is 20.8 Å². The Morgan fingerprint density at radius 1 is 1.13 bits per heavy atom. The molecule has 1 aromatic carbocycles. The maximum absolute atomic E-state index is 12.7. The molecule has 1 aromatic rings. The molecule has 2 rings (SSSR count). The van der Waals surface area contributed by atoms with Gasteiger partial charge in [-0.1, -0.05) is 22.9 Å². The van der Waals surface area contributed by atoms with Crippen LogP contribution < -0.4 is 5.32 Å². The van der Waals surface area contributed by atoms with Crippen LogP contribution in [-0.2, 0) is 9.59 Å². The molecule has 1 heterocycles. The fraction of sp³-hybridized carbons (Fsp3) is 0.529. The van der Waals surface area contributed by atoms with E-state index < -0.39 is 5.41 Å². The lowest BCUT2D eigenvalue weighted by Crippen LogP contribution is -2.54. The molecule has 0 atom stereocenters. The smallest absolute Gasteiger partial charge is 0.239 e. The van der Waals surface area contributed by atoms with Gasteiger partial charge in [0.15, 0.2) is 0 Å². The number of likely N-dealkylation sites (N-methyl/N-ethyl adjacent to an activating group) is 1. The van der Waals surface area contributed by atoms with Crippen LogP contribution in [0.25, 0.3) is 0 Å². The zero-order valence-corrected chi connectivity index (χ0v) is 15.5. The summed E-state index contributed by atoms with van der Waals surface area (Å²) in [6, 6.07) is 7.33. The second-order valence-corrected chi connectivity index (χ2v) is 7.23. The van der Waals surface area contributed by atoms with Crippen molar-refractivity contribution in [2.75, 3.05) is 38.0 Å². The minimum atomic E-state index is -1.08. The minimum Gasteiger partial charge on any atom is -0.339 e. The molecule has 0 spiro atoms. The molecule has 23 heavy (non-hydrogen) atoms. The van der Waals surface area contributed by atoms with Gasteiger partial charge in [-0.05, 0) is 44.7 Å². The second kappa shape index (κ2) is 7.45. The zero-order chi connectivity index (χ0) is 17.0. The molecule has 1 aliphatic heterocycles. The SMILES string of the molecule is CCN1CCN(C(=O)C(C)(C)C(=O)Nc2ccc(Br)cc2)CC1. The van der Waals surface area contributed by atoms with E-state index in [0.717, 1.165) is 24.1 Å². The molecule has 0 aromatic heterocycles. The van der Waals surface area contributed by atoms with E-state index in [1.807, 2.05) is 24.3 Å². The molecule has 0 saturated carbocycles. The summed E-state index contributed by atoms with van der Waals surface area (Å²) >= 11 is 3.36. The highest BCUT2D eigenvalue weighted by Crippen LogP contribution is 2.23. The molecular weight excluding hydrogens is 358 g/mol. The number of benzene rings is 1. The minimum absolute atomic E-state index is 0.108. The second-order valence-electron chi connectivity index (χ2n) is 6.31. The van der Waals surface area contributed by atoms with Gasteiger partial charge in [0.25, 0.3) is 0 Å². The van der Waals surface area contributed by atoms with Gasteiger partial charge in [0.2, 0.25) is 11.8 Å². The van der Waals surface area contributed by atoms with E-state index in [4.69, 9.17) is 0 Å². The Bertz CT molecular complexity index is 564. The number of nitrogens with one attached hydrogen (secondary N) is 1. The Labute approximate surface area is 146 Å². The third kappa shape index (κ3) is 4.32. The van der Waals surface area contributed by atoms with E-state index in [0.29, 0.717) is 18.8 Å². The molecule has 0 unspecified atom stereocenters. The van der Waals surface area contributed by atoms with Gasteiger partial charge in [0.05, 0.1) is 0 Å². The Balaban J connectivity index is 2.00. The quantitative estimate of drug-likeness (QED) is 0.815. The van der Waals surface area contributed by atoms with Crippen molar-refractivity contribution in [3.63, 3.8) is 0 Å². The molecule has 1 N–H and O–H groups in total. The van der Waals surface area contributed by atoms with Crippen LogP contribution in [0.4, 0.5) is 5.69 Å². The summed E-state index contributed by atoms with van der Waals surface area (Å²) in [5.74, 6) is -0.384. The number of anilines is 1. The van der Waals surface area contributed by atoms with Gasteiger partial charge in [-0.2, -0.15) is 0 Å². The molecule has 1 saturated heterocycles. The van der Waals surface area contributed by atoms with Crippen molar-refractivity contribution < 1.29 is 9.59 Å². The first-order valence-electron chi connectivity index (χ1n) is 7.93. The summed E-state index contributed by atoms with van der Waals surface area (Å²) in [6.45, 7) is 9.59. The third-order valence-electron chi connectivity index (χ3n) is 4.31. The van der Waals surface area contributed by atoms with Crippen molar-refractivity contribution in [3.05, 3.63) is 28.7 Å². The van der Waals surface area contributed by atoms with Gasteiger partial charge in [-0.3, -0.25) is 9.59 Å². The number of hydrogen-bond acceptors (Lipinski definition) is 3. The lowest BCUT2D eigenvalue weighted by Gasteiger charge is -2.37. The van der Waals surface area contributed by atoms with E-state index in [9.17, 15) is 9.59 Å². The van der Waals surface area contributed by atoms with Crippen molar-refractivity contribution in [3.8, 4) is 0 Å². The molecule has 0 bridgehead atoms. The Kier molecular flexibility index (Phi) is 5.81. The fourth-order valence-corrected chi connectivity index (χ4v) is 2.84. The molecule has 126 valence electrons. The molecular formula is C17H24BrN3O2. The van der Waals surface area contributed by atoms with Crippen molar-refractivity contribution in [1.82, 2.24) is 9.80 Å².